The summed E-state index contributed by atoms with van der Waals surface area (Å²) in [6, 6.07) is 20.5. The molecule has 0 unspecified atom stereocenters. The molecule has 9 nitrogen and oxygen atoms in total. The monoisotopic (exact) mass is 470 g/mol. The molecule has 0 fully saturated rings. The number of hydrogen-bond donors (Lipinski definition) is 1. The highest BCUT2D eigenvalue weighted by Gasteiger charge is 2.37. The minimum Gasteiger partial charge on any atom is -0.497 e. The number of carbonyl (C=O) groups excluding carboxylic acids is 1. The quantitative estimate of drug-likeness (QED) is 0.241. The highest BCUT2D eigenvalue weighted by Crippen LogP contribution is 2.42. The number of nitro groups is 1. The van der Waals surface area contributed by atoms with E-state index in [0.29, 0.717) is 28.5 Å². The van der Waals surface area contributed by atoms with Crippen LogP contribution in [0.15, 0.2) is 78.4 Å². The number of anilines is 1. The number of para-hydroxylation sites is 2. The number of aromatic nitrogens is 2. The second kappa shape index (κ2) is 8.94. The molecule has 0 bridgehead atoms. The van der Waals surface area contributed by atoms with E-state index in [1.54, 1.807) is 26.2 Å². The summed E-state index contributed by atoms with van der Waals surface area (Å²) in [6.07, 6.45) is 0. The van der Waals surface area contributed by atoms with Crippen LogP contribution in [-0.2, 0) is 9.53 Å². The zero-order valence-corrected chi connectivity index (χ0v) is 19.1. The number of nitro benzene ring substituents is 1. The van der Waals surface area contributed by atoms with Gasteiger partial charge < -0.3 is 14.8 Å². The zero-order chi connectivity index (χ0) is 24.5. The number of carbonyl (C=O) groups is 1. The lowest BCUT2D eigenvalue weighted by molar-refractivity contribution is -0.384. The molecule has 1 aliphatic rings. The van der Waals surface area contributed by atoms with Gasteiger partial charge in [-0.25, -0.2) is 9.78 Å². The lowest BCUT2D eigenvalue weighted by Crippen LogP contribution is -2.29. The standard InChI is InChI=1S/C26H22N4O5/c1-3-35-25(31)22-23(16-10-14-19(34-2)15-11-16)28-26-27-20-6-4-5-7-21(20)29(26)24(22)17-8-12-18(13-9-17)30(32)33/h4-15,24H,3H2,1-2H3,(H,27,28)/t24-/m0/s1. The Kier molecular flexibility index (Phi) is 5.66. The number of non-ortho nitro benzene ring substituents is 1. The lowest BCUT2D eigenvalue weighted by Gasteiger charge is -2.31. The molecule has 0 radical (unpaired) electrons. The summed E-state index contributed by atoms with van der Waals surface area (Å²) >= 11 is 0. The van der Waals surface area contributed by atoms with Gasteiger partial charge in [0.15, 0.2) is 0 Å². The predicted octanol–water partition coefficient (Wildman–Crippen LogP) is 4.94. The van der Waals surface area contributed by atoms with E-state index in [2.05, 4.69) is 5.32 Å². The van der Waals surface area contributed by atoms with Crippen LogP contribution in [-0.4, -0.2) is 34.2 Å². The largest absolute Gasteiger partial charge is 0.497 e. The van der Waals surface area contributed by atoms with Gasteiger partial charge in [0, 0.05) is 12.1 Å². The van der Waals surface area contributed by atoms with E-state index in [1.165, 1.54) is 12.1 Å². The number of methoxy groups -OCH3 is 1. The van der Waals surface area contributed by atoms with Crippen molar-refractivity contribution in [2.24, 2.45) is 0 Å². The van der Waals surface area contributed by atoms with Gasteiger partial charge in [-0.05, 0) is 66.6 Å². The first-order valence-corrected chi connectivity index (χ1v) is 11.1. The lowest BCUT2D eigenvalue weighted by atomic mass is 9.92. The van der Waals surface area contributed by atoms with Crippen molar-refractivity contribution in [3.05, 3.63) is 99.6 Å². The van der Waals surface area contributed by atoms with Gasteiger partial charge in [-0.1, -0.05) is 12.1 Å². The van der Waals surface area contributed by atoms with Crippen molar-refractivity contribution in [1.82, 2.24) is 9.55 Å². The van der Waals surface area contributed by atoms with Crippen LogP contribution in [0.5, 0.6) is 5.75 Å². The molecular weight excluding hydrogens is 448 g/mol. The molecule has 2 heterocycles. The first-order valence-electron chi connectivity index (χ1n) is 11.1. The van der Waals surface area contributed by atoms with E-state index in [9.17, 15) is 14.9 Å². The summed E-state index contributed by atoms with van der Waals surface area (Å²) in [5.41, 5.74) is 3.90. The van der Waals surface area contributed by atoms with Crippen LogP contribution in [0.25, 0.3) is 16.7 Å². The maximum atomic E-state index is 13.4. The third-order valence-corrected chi connectivity index (χ3v) is 5.93. The summed E-state index contributed by atoms with van der Waals surface area (Å²) in [5.74, 6) is 0.744. The summed E-state index contributed by atoms with van der Waals surface area (Å²) < 4.78 is 12.7. The zero-order valence-electron chi connectivity index (χ0n) is 19.1. The summed E-state index contributed by atoms with van der Waals surface area (Å²) in [5, 5.41) is 14.6. The Bertz CT molecular complexity index is 1460. The van der Waals surface area contributed by atoms with Crippen molar-refractivity contribution in [3.63, 3.8) is 0 Å². The van der Waals surface area contributed by atoms with Gasteiger partial charge in [0.25, 0.3) is 5.69 Å². The number of nitrogens with zero attached hydrogens (tertiary/aromatic N) is 3. The van der Waals surface area contributed by atoms with E-state index in [4.69, 9.17) is 14.5 Å². The Hall–Kier alpha value is -4.66. The average Bonchev–Trinajstić information content (AvgIpc) is 3.26. The molecule has 0 saturated carbocycles. The van der Waals surface area contributed by atoms with Gasteiger partial charge in [0.2, 0.25) is 5.95 Å². The molecule has 176 valence electrons. The van der Waals surface area contributed by atoms with E-state index < -0.39 is 16.9 Å². The molecule has 3 aromatic carbocycles. The number of imidazole rings is 1. The minimum atomic E-state index is -0.629. The Morgan fingerprint density at radius 3 is 2.46 bits per heavy atom. The van der Waals surface area contributed by atoms with Crippen LogP contribution < -0.4 is 10.1 Å². The van der Waals surface area contributed by atoms with Crippen LogP contribution in [0.2, 0.25) is 0 Å². The topological polar surface area (TPSA) is 109 Å². The third kappa shape index (κ3) is 3.86. The molecule has 4 aromatic rings. The molecule has 1 aromatic heterocycles. The highest BCUT2D eigenvalue weighted by molar-refractivity contribution is 6.03. The van der Waals surface area contributed by atoms with Gasteiger partial charge >= 0.3 is 5.97 Å². The van der Waals surface area contributed by atoms with Crippen molar-refractivity contribution < 1.29 is 19.2 Å². The van der Waals surface area contributed by atoms with Gasteiger partial charge in [0.1, 0.15) is 5.75 Å². The Morgan fingerprint density at radius 2 is 1.80 bits per heavy atom. The number of fused-ring (bicyclic) bond motifs is 3. The van der Waals surface area contributed by atoms with Gasteiger partial charge in [-0.3, -0.25) is 14.7 Å². The fourth-order valence-corrected chi connectivity index (χ4v) is 4.34. The molecule has 9 heteroatoms. The van der Waals surface area contributed by atoms with Gasteiger partial charge in [0.05, 0.1) is 47.0 Å². The normalized spacial score (nSPS) is 14.9. The number of esters is 1. The number of ether oxygens (including phenoxy) is 2. The summed E-state index contributed by atoms with van der Waals surface area (Å²) in [6.45, 7) is 1.95. The predicted molar refractivity (Wildman–Crippen MR) is 131 cm³/mol. The van der Waals surface area contributed by atoms with Crippen molar-refractivity contribution in [2.45, 2.75) is 13.0 Å². The van der Waals surface area contributed by atoms with Crippen LogP contribution in [0.4, 0.5) is 11.6 Å². The van der Waals surface area contributed by atoms with Crippen LogP contribution >= 0.6 is 0 Å². The Labute approximate surface area is 200 Å². The maximum absolute atomic E-state index is 13.4. The molecule has 0 spiro atoms. The van der Waals surface area contributed by atoms with Gasteiger partial charge in [-0.2, -0.15) is 0 Å². The van der Waals surface area contributed by atoms with Crippen molar-refractivity contribution >= 4 is 34.3 Å². The number of rotatable bonds is 6. The highest BCUT2D eigenvalue weighted by atomic mass is 16.6. The second-order valence-corrected chi connectivity index (χ2v) is 7.91. The maximum Gasteiger partial charge on any atom is 0.338 e. The van der Waals surface area contributed by atoms with Crippen molar-refractivity contribution in [3.8, 4) is 5.75 Å². The Morgan fingerprint density at radius 1 is 1.09 bits per heavy atom. The SMILES string of the molecule is CCOC(=O)C1=C(c2ccc(OC)cc2)Nc2nc3ccccc3n2[C@H]1c1ccc([N+](=O)[O-])cc1. The van der Waals surface area contributed by atoms with Crippen LogP contribution in [0.1, 0.15) is 24.1 Å². The smallest absolute Gasteiger partial charge is 0.338 e. The molecule has 0 aliphatic carbocycles. The fourth-order valence-electron chi connectivity index (χ4n) is 4.34. The summed E-state index contributed by atoms with van der Waals surface area (Å²) in [7, 11) is 1.59. The number of benzene rings is 3. The molecule has 1 atom stereocenters. The van der Waals surface area contributed by atoms with Crippen molar-refractivity contribution in [1.29, 1.82) is 0 Å². The van der Waals surface area contributed by atoms with Crippen molar-refractivity contribution in [2.75, 3.05) is 19.0 Å². The van der Waals surface area contributed by atoms with E-state index in [1.807, 2.05) is 53.1 Å². The number of nitrogens with one attached hydrogen (secondary N) is 1. The molecule has 0 amide bonds. The molecule has 0 saturated heterocycles. The molecule has 1 aliphatic heterocycles. The molecule has 35 heavy (non-hydrogen) atoms. The average molecular weight is 470 g/mol. The molecule has 5 rings (SSSR count). The minimum absolute atomic E-state index is 0.0320. The number of hydrogen-bond acceptors (Lipinski definition) is 7. The second-order valence-electron chi connectivity index (χ2n) is 7.91. The molecule has 1 N–H and O–H groups in total. The van der Waals surface area contributed by atoms with Gasteiger partial charge in [-0.15, -0.1) is 0 Å². The van der Waals surface area contributed by atoms with E-state index >= 15 is 0 Å². The van der Waals surface area contributed by atoms with Crippen LogP contribution in [0, 0.1) is 10.1 Å². The third-order valence-electron chi connectivity index (χ3n) is 5.93. The Balaban J connectivity index is 1.79. The van der Waals surface area contributed by atoms with E-state index in [-0.39, 0.29) is 12.3 Å². The van der Waals surface area contributed by atoms with Crippen LogP contribution in [0.3, 0.4) is 0 Å². The molecular formula is C26H22N4O5. The fraction of sp³-hybridized carbons (Fsp3) is 0.154. The van der Waals surface area contributed by atoms with E-state index in [0.717, 1.165) is 16.6 Å². The first kappa shape index (κ1) is 22.1. The first-order chi connectivity index (χ1) is 17.0. The summed E-state index contributed by atoms with van der Waals surface area (Å²) in [4.78, 5) is 29.0.